The van der Waals surface area contributed by atoms with Crippen molar-refractivity contribution >= 4 is 0 Å². The second kappa shape index (κ2) is 6.62. The van der Waals surface area contributed by atoms with E-state index in [1.165, 1.54) is 36.0 Å². The Kier molecular flexibility index (Phi) is 5.09. The van der Waals surface area contributed by atoms with Crippen LogP contribution >= 0.6 is 0 Å². The predicted octanol–water partition coefficient (Wildman–Crippen LogP) is 4.40. The van der Waals surface area contributed by atoms with Crippen molar-refractivity contribution in [2.75, 3.05) is 13.7 Å². The van der Waals surface area contributed by atoms with Crippen LogP contribution in [0.15, 0.2) is 12.1 Å². The number of nitrogens with one attached hydrogen (secondary N) is 1. The summed E-state index contributed by atoms with van der Waals surface area (Å²) in [6, 6.07) is 5.01. The Morgan fingerprint density at radius 2 is 2.00 bits per heavy atom. The number of ether oxygens (including phenoxy) is 1. The molecule has 1 aliphatic rings. The van der Waals surface area contributed by atoms with E-state index in [2.05, 4.69) is 45.1 Å². The van der Waals surface area contributed by atoms with Crippen LogP contribution in [0.3, 0.4) is 0 Å². The molecule has 1 aliphatic carbocycles. The molecule has 112 valence electrons. The topological polar surface area (TPSA) is 21.3 Å². The minimum absolute atomic E-state index is 0.495. The summed E-state index contributed by atoms with van der Waals surface area (Å²) in [6.07, 6.45) is 4.08. The first-order valence-corrected chi connectivity index (χ1v) is 7.95. The van der Waals surface area contributed by atoms with Crippen LogP contribution in [0.25, 0.3) is 0 Å². The van der Waals surface area contributed by atoms with Crippen molar-refractivity contribution in [1.82, 2.24) is 5.32 Å². The lowest BCUT2D eigenvalue weighted by Crippen LogP contribution is -2.28. The number of benzene rings is 1. The zero-order chi connectivity index (χ0) is 14.7. The molecule has 2 rings (SSSR count). The maximum atomic E-state index is 5.44. The number of aryl methyl sites for hydroxylation is 2. The van der Waals surface area contributed by atoms with Crippen molar-refractivity contribution in [1.29, 1.82) is 0 Å². The molecule has 0 bridgehead atoms. The van der Waals surface area contributed by atoms with Gasteiger partial charge in [-0.05, 0) is 67.8 Å². The molecular weight excluding hydrogens is 246 g/mol. The molecule has 0 aliphatic heterocycles. The Hall–Kier alpha value is -1.02. The molecule has 0 aromatic heterocycles. The Morgan fingerprint density at radius 1 is 1.25 bits per heavy atom. The van der Waals surface area contributed by atoms with E-state index in [1.807, 2.05) is 0 Å². The standard InChI is InChI=1S/C18H29NO/c1-6-19-18(15-8-7-12(2)9-15)16-10-14(4)17(20-5)11-13(16)3/h10-12,15,18-19H,6-9H2,1-5H3. The monoisotopic (exact) mass is 275 g/mol. The summed E-state index contributed by atoms with van der Waals surface area (Å²) in [5.74, 6) is 2.65. The quantitative estimate of drug-likeness (QED) is 0.860. The van der Waals surface area contributed by atoms with E-state index in [1.54, 1.807) is 7.11 Å². The molecule has 2 heteroatoms. The molecule has 0 amide bonds. The summed E-state index contributed by atoms with van der Waals surface area (Å²) in [5.41, 5.74) is 4.05. The first kappa shape index (κ1) is 15.4. The maximum Gasteiger partial charge on any atom is 0.122 e. The Balaban J connectivity index is 2.31. The third kappa shape index (κ3) is 3.17. The summed E-state index contributed by atoms with van der Waals surface area (Å²) >= 11 is 0. The van der Waals surface area contributed by atoms with Gasteiger partial charge >= 0.3 is 0 Å². The Labute approximate surface area is 123 Å². The second-order valence-corrected chi connectivity index (χ2v) is 6.39. The molecule has 0 spiro atoms. The fraction of sp³-hybridized carbons (Fsp3) is 0.667. The first-order chi connectivity index (χ1) is 9.56. The van der Waals surface area contributed by atoms with Crippen molar-refractivity contribution < 1.29 is 4.74 Å². The van der Waals surface area contributed by atoms with E-state index in [0.717, 1.165) is 24.1 Å². The van der Waals surface area contributed by atoms with Crippen LogP contribution in [0.1, 0.15) is 55.8 Å². The van der Waals surface area contributed by atoms with Crippen molar-refractivity contribution in [2.24, 2.45) is 11.8 Å². The van der Waals surface area contributed by atoms with Crippen LogP contribution in [-0.4, -0.2) is 13.7 Å². The smallest absolute Gasteiger partial charge is 0.122 e. The predicted molar refractivity (Wildman–Crippen MR) is 85.4 cm³/mol. The van der Waals surface area contributed by atoms with Gasteiger partial charge in [-0.25, -0.2) is 0 Å². The Bertz CT molecular complexity index is 455. The van der Waals surface area contributed by atoms with Gasteiger partial charge in [0.05, 0.1) is 7.11 Å². The summed E-state index contributed by atoms with van der Waals surface area (Å²) in [4.78, 5) is 0. The SMILES string of the molecule is CCNC(c1cc(C)c(OC)cc1C)C1CCC(C)C1. The van der Waals surface area contributed by atoms with Crippen molar-refractivity contribution in [2.45, 2.75) is 53.0 Å². The van der Waals surface area contributed by atoms with Crippen LogP contribution in [0, 0.1) is 25.7 Å². The summed E-state index contributed by atoms with van der Waals surface area (Å²) < 4.78 is 5.44. The van der Waals surface area contributed by atoms with Gasteiger partial charge in [0.15, 0.2) is 0 Å². The number of hydrogen-bond donors (Lipinski definition) is 1. The largest absolute Gasteiger partial charge is 0.496 e. The highest BCUT2D eigenvalue weighted by molar-refractivity contribution is 5.43. The molecular formula is C18H29NO. The highest BCUT2D eigenvalue weighted by Gasteiger charge is 2.30. The van der Waals surface area contributed by atoms with Crippen molar-refractivity contribution in [3.05, 3.63) is 28.8 Å². The van der Waals surface area contributed by atoms with Gasteiger partial charge in [0.1, 0.15) is 5.75 Å². The molecule has 0 heterocycles. The second-order valence-electron chi connectivity index (χ2n) is 6.39. The molecule has 1 aromatic rings. The molecule has 3 atom stereocenters. The fourth-order valence-corrected chi connectivity index (χ4v) is 3.67. The van der Waals surface area contributed by atoms with Gasteiger partial charge in [-0.15, -0.1) is 0 Å². The zero-order valence-corrected chi connectivity index (χ0v) is 13.6. The lowest BCUT2D eigenvalue weighted by molar-refractivity contribution is 0.362. The van der Waals surface area contributed by atoms with E-state index < -0.39 is 0 Å². The van der Waals surface area contributed by atoms with Crippen LogP contribution in [0.4, 0.5) is 0 Å². The summed E-state index contributed by atoms with van der Waals surface area (Å²) in [6.45, 7) is 9.97. The van der Waals surface area contributed by atoms with E-state index >= 15 is 0 Å². The third-order valence-electron chi connectivity index (χ3n) is 4.75. The normalized spacial score (nSPS) is 23.9. The molecule has 1 saturated carbocycles. The number of methoxy groups -OCH3 is 1. The minimum atomic E-state index is 0.495. The van der Waals surface area contributed by atoms with Crippen molar-refractivity contribution in [3.8, 4) is 5.75 Å². The van der Waals surface area contributed by atoms with Gasteiger partial charge in [0.2, 0.25) is 0 Å². The molecule has 1 fully saturated rings. The molecule has 2 nitrogen and oxygen atoms in total. The number of rotatable bonds is 5. The zero-order valence-electron chi connectivity index (χ0n) is 13.6. The van der Waals surface area contributed by atoms with Crippen LogP contribution in [0.2, 0.25) is 0 Å². The van der Waals surface area contributed by atoms with Crippen LogP contribution in [-0.2, 0) is 0 Å². The van der Waals surface area contributed by atoms with Gasteiger partial charge in [-0.3, -0.25) is 0 Å². The van der Waals surface area contributed by atoms with Gasteiger partial charge in [0.25, 0.3) is 0 Å². The molecule has 3 unspecified atom stereocenters. The maximum absolute atomic E-state index is 5.44. The average molecular weight is 275 g/mol. The van der Waals surface area contributed by atoms with E-state index in [-0.39, 0.29) is 0 Å². The molecule has 0 saturated heterocycles. The van der Waals surface area contributed by atoms with Crippen molar-refractivity contribution in [3.63, 3.8) is 0 Å². The first-order valence-electron chi connectivity index (χ1n) is 7.95. The van der Waals surface area contributed by atoms with Gasteiger partial charge in [-0.2, -0.15) is 0 Å². The molecule has 1 N–H and O–H groups in total. The number of hydrogen-bond acceptors (Lipinski definition) is 2. The van der Waals surface area contributed by atoms with E-state index in [9.17, 15) is 0 Å². The summed E-state index contributed by atoms with van der Waals surface area (Å²) in [7, 11) is 1.75. The lowest BCUT2D eigenvalue weighted by Gasteiger charge is -2.27. The minimum Gasteiger partial charge on any atom is -0.496 e. The highest BCUT2D eigenvalue weighted by atomic mass is 16.5. The summed E-state index contributed by atoms with van der Waals surface area (Å²) in [5, 5.41) is 3.73. The molecule has 1 aromatic carbocycles. The van der Waals surface area contributed by atoms with E-state index in [4.69, 9.17) is 4.74 Å². The molecule has 0 radical (unpaired) electrons. The van der Waals surface area contributed by atoms with Gasteiger partial charge in [0, 0.05) is 6.04 Å². The molecule has 20 heavy (non-hydrogen) atoms. The Morgan fingerprint density at radius 3 is 2.55 bits per heavy atom. The fourth-order valence-electron chi connectivity index (χ4n) is 3.67. The highest BCUT2D eigenvalue weighted by Crippen LogP contribution is 2.40. The lowest BCUT2D eigenvalue weighted by atomic mass is 9.87. The third-order valence-corrected chi connectivity index (χ3v) is 4.75. The van der Waals surface area contributed by atoms with Gasteiger partial charge in [-0.1, -0.05) is 26.3 Å². The average Bonchev–Trinajstić information content (AvgIpc) is 2.85. The van der Waals surface area contributed by atoms with E-state index in [0.29, 0.717) is 6.04 Å². The van der Waals surface area contributed by atoms with Gasteiger partial charge < -0.3 is 10.1 Å². The van der Waals surface area contributed by atoms with Crippen LogP contribution < -0.4 is 10.1 Å². The van der Waals surface area contributed by atoms with Crippen LogP contribution in [0.5, 0.6) is 5.75 Å².